The average molecular weight is 326 g/mol. The number of aryl methyl sites for hydroxylation is 2. The standard InChI is InChI=1S/C18H22N4S/c1-4-10-22(11-8-15-7-5-6-9-19-15)17-16-13(2)12-23-18(16)21-14(3)20-17/h5-7,9,12H,4,8,10-11H2,1-3H3. The molecule has 0 N–H and O–H groups in total. The summed E-state index contributed by atoms with van der Waals surface area (Å²) in [6.07, 6.45) is 3.88. The summed E-state index contributed by atoms with van der Waals surface area (Å²) in [5.74, 6) is 1.91. The maximum atomic E-state index is 4.77. The van der Waals surface area contributed by atoms with Gasteiger partial charge in [0, 0.05) is 31.4 Å². The molecule has 0 saturated carbocycles. The Labute approximate surface area is 141 Å². The van der Waals surface area contributed by atoms with Crippen LogP contribution >= 0.6 is 11.3 Å². The van der Waals surface area contributed by atoms with Crippen LogP contribution in [0.3, 0.4) is 0 Å². The zero-order valence-electron chi connectivity index (χ0n) is 13.9. The summed E-state index contributed by atoms with van der Waals surface area (Å²) < 4.78 is 0. The van der Waals surface area contributed by atoms with Crippen molar-refractivity contribution in [2.24, 2.45) is 0 Å². The second-order valence-electron chi connectivity index (χ2n) is 5.75. The Hall–Kier alpha value is -2.01. The third kappa shape index (κ3) is 3.50. The molecule has 5 heteroatoms. The van der Waals surface area contributed by atoms with Crippen molar-refractivity contribution in [3.05, 3.63) is 46.9 Å². The van der Waals surface area contributed by atoms with Crippen LogP contribution in [0.1, 0.15) is 30.4 Å². The Morgan fingerprint density at radius 1 is 1.13 bits per heavy atom. The molecule has 0 bridgehead atoms. The third-order valence-electron chi connectivity index (χ3n) is 3.87. The van der Waals surface area contributed by atoms with E-state index in [4.69, 9.17) is 4.98 Å². The molecule has 0 unspecified atom stereocenters. The van der Waals surface area contributed by atoms with Crippen LogP contribution in [0.25, 0.3) is 10.2 Å². The lowest BCUT2D eigenvalue weighted by atomic mass is 10.2. The first-order valence-corrected chi connectivity index (χ1v) is 8.94. The zero-order valence-corrected chi connectivity index (χ0v) is 14.7. The van der Waals surface area contributed by atoms with E-state index in [0.29, 0.717) is 0 Å². The van der Waals surface area contributed by atoms with Crippen LogP contribution in [-0.4, -0.2) is 28.0 Å². The zero-order chi connectivity index (χ0) is 16.2. The highest BCUT2D eigenvalue weighted by Gasteiger charge is 2.16. The Bertz CT molecular complexity index is 782. The van der Waals surface area contributed by atoms with Crippen LogP contribution in [0.5, 0.6) is 0 Å². The van der Waals surface area contributed by atoms with E-state index in [0.717, 1.165) is 48.1 Å². The molecule has 0 amide bonds. The summed E-state index contributed by atoms with van der Waals surface area (Å²) in [5.41, 5.74) is 2.39. The summed E-state index contributed by atoms with van der Waals surface area (Å²) >= 11 is 1.70. The Kier molecular flexibility index (Phi) is 4.86. The molecule has 0 spiro atoms. The molecule has 0 aliphatic carbocycles. The summed E-state index contributed by atoms with van der Waals surface area (Å²) in [6, 6.07) is 6.09. The number of fused-ring (bicyclic) bond motifs is 1. The van der Waals surface area contributed by atoms with E-state index >= 15 is 0 Å². The molecule has 0 aliphatic heterocycles. The maximum Gasteiger partial charge on any atom is 0.141 e. The third-order valence-corrected chi connectivity index (χ3v) is 4.86. The number of nitrogens with zero attached hydrogens (tertiary/aromatic N) is 4. The van der Waals surface area contributed by atoms with E-state index in [1.165, 1.54) is 10.9 Å². The molecular weight excluding hydrogens is 304 g/mol. The fraction of sp³-hybridized carbons (Fsp3) is 0.389. The lowest BCUT2D eigenvalue weighted by Crippen LogP contribution is -2.28. The highest BCUT2D eigenvalue weighted by atomic mass is 32.1. The SMILES string of the molecule is CCCN(CCc1ccccn1)c1nc(C)nc2scc(C)c12. The lowest BCUT2D eigenvalue weighted by molar-refractivity contribution is 0.737. The van der Waals surface area contributed by atoms with E-state index in [9.17, 15) is 0 Å². The molecular formula is C18H22N4S. The Balaban J connectivity index is 1.93. The normalized spacial score (nSPS) is 11.1. The molecule has 23 heavy (non-hydrogen) atoms. The van der Waals surface area contributed by atoms with Crippen molar-refractivity contribution in [2.45, 2.75) is 33.6 Å². The molecule has 3 heterocycles. The van der Waals surface area contributed by atoms with Gasteiger partial charge in [-0.25, -0.2) is 9.97 Å². The second kappa shape index (κ2) is 7.04. The van der Waals surface area contributed by atoms with E-state index in [2.05, 4.69) is 40.2 Å². The summed E-state index contributed by atoms with van der Waals surface area (Å²) in [5, 5.41) is 3.38. The van der Waals surface area contributed by atoms with Crippen molar-refractivity contribution in [1.82, 2.24) is 15.0 Å². The molecule has 0 fully saturated rings. The molecule has 3 aromatic rings. The Morgan fingerprint density at radius 2 is 2.00 bits per heavy atom. The number of hydrogen-bond acceptors (Lipinski definition) is 5. The topological polar surface area (TPSA) is 41.9 Å². The van der Waals surface area contributed by atoms with Crippen LogP contribution < -0.4 is 4.90 Å². The maximum absolute atomic E-state index is 4.77. The molecule has 0 aliphatic rings. The smallest absolute Gasteiger partial charge is 0.141 e. The van der Waals surface area contributed by atoms with Gasteiger partial charge in [0.05, 0.1) is 5.39 Å². The number of thiophene rings is 1. The first kappa shape index (κ1) is 15.9. The van der Waals surface area contributed by atoms with Crippen molar-refractivity contribution in [2.75, 3.05) is 18.0 Å². The molecule has 0 saturated heterocycles. The van der Waals surface area contributed by atoms with Gasteiger partial charge in [-0.2, -0.15) is 0 Å². The van der Waals surface area contributed by atoms with Gasteiger partial charge in [-0.3, -0.25) is 4.98 Å². The monoisotopic (exact) mass is 326 g/mol. The van der Waals surface area contributed by atoms with Crippen LogP contribution in [0.2, 0.25) is 0 Å². The van der Waals surface area contributed by atoms with Gasteiger partial charge in [0.25, 0.3) is 0 Å². The molecule has 0 radical (unpaired) electrons. The fourth-order valence-corrected chi connectivity index (χ4v) is 3.75. The van der Waals surface area contributed by atoms with Gasteiger partial charge in [-0.05, 0) is 43.3 Å². The van der Waals surface area contributed by atoms with Gasteiger partial charge >= 0.3 is 0 Å². The first-order valence-electron chi connectivity index (χ1n) is 8.06. The predicted octanol–water partition coefficient (Wildman–Crippen LogP) is 4.16. The minimum absolute atomic E-state index is 0.841. The van der Waals surface area contributed by atoms with Crippen LogP contribution in [0, 0.1) is 13.8 Å². The second-order valence-corrected chi connectivity index (χ2v) is 6.61. The predicted molar refractivity (Wildman–Crippen MR) is 97.3 cm³/mol. The minimum Gasteiger partial charge on any atom is -0.356 e. The van der Waals surface area contributed by atoms with E-state index in [1.807, 2.05) is 25.3 Å². The van der Waals surface area contributed by atoms with Crippen molar-refractivity contribution >= 4 is 27.4 Å². The minimum atomic E-state index is 0.841. The van der Waals surface area contributed by atoms with Crippen molar-refractivity contribution in [1.29, 1.82) is 0 Å². The highest BCUT2D eigenvalue weighted by Crippen LogP contribution is 2.31. The molecule has 0 aromatic carbocycles. The summed E-state index contributed by atoms with van der Waals surface area (Å²) in [7, 11) is 0. The lowest BCUT2D eigenvalue weighted by Gasteiger charge is -2.24. The highest BCUT2D eigenvalue weighted by molar-refractivity contribution is 7.17. The summed E-state index contributed by atoms with van der Waals surface area (Å²) in [6.45, 7) is 8.24. The molecule has 0 atom stereocenters. The van der Waals surface area contributed by atoms with E-state index in [1.54, 1.807) is 11.3 Å². The fourth-order valence-electron chi connectivity index (χ4n) is 2.78. The van der Waals surface area contributed by atoms with Gasteiger partial charge in [0.2, 0.25) is 0 Å². The van der Waals surface area contributed by atoms with Gasteiger partial charge in [0.1, 0.15) is 16.5 Å². The van der Waals surface area contributed by atoms with Crippen molar-refractivity contribution in [3.8, 4) is 0 Å². The van der Waals surface area contributed by atoms with Gasteiger partial charge in [-0.1, -0.05) is 13.0 Å². The molecule has 120 valence electrons. The number of hydrogen-bond donors (Lipinski definition) is 0. The van der Waals surface area contributed by atoms with Crippen molar-refractivity contribution in [3.63, 3.8) is 0 Å². The van der Waals surface area contributed by atoms with E-state index in [-0.39, 0.29) is 0 Å². The van der Waals surface area contributed by atoms with Gasteiger partial charge in [-0.15, -0.1) is 11.3 Å². The van der Waals surface area contributed by atoms with Crippen LogP contribution in [-0.2, 0) is 6.42 Å². The first-order chi connectivity index (χ1) is 11.2. The van der Waals surface area contributed by atoms with Crippen LogP contribution in [0.15, 0.2) is 29.8 Å². The molecule has 3 rings (SSSR count). The largest absolute Gasteiger partial charge is 0.356 e. The molecule has 4 nitrogen and oxygen atoms in total. The number of pyridine rings is 1. The molecule has 3 aromatic heterocycles. The quantitative estimate of drug-likeness (QED) is 0.682. The Morgan fingerprint density at radius 3 is 2.74 bits per heavy atom. The van der Waals surface area contributed by atoms with E-state index < -0.39 is 0 Å². The number of aromatic nitrogens is 3. The van der Waals surface area contributed by atoms with Gasteiger partial charge in [0.15, 0.2) is 0 Å². The van der Waals surface area contributed by atoms with Gasteiger partial charge < -0.3 is 4.90 Å². The number of anilines is 1. The average Bonchev–Trinajstić information content (AvgIpc) is 2.93. The van der Waals surface area contributed by atoms with Crippen LogP contribution in [0.4, 0.5) is 5.82 Å². The number of rotatable bonds is 6. The summed E-state index contributed by atoms with van der Waals surface area (Å²) in [4.78, 5) is 17.3. The van der Waals surface area contributed by atoms with Crippen molar-refractivity contribution < 1.29 is 0 Å².